The molecule has 0 aromatic heterocycles. The lowest BCUT2D eigenvalue weighted by molar-refractivity contribution is 0.0252. The Morgan fingerprint density at radius 1 is 0.477 bits per heavy atom. The first kappa shape index (κ1) is 41.1. The van der Waals surface area contributed by atoms with Gasteiger partial charge < -0.3 is 9.47 Å². The van der Waals surface area contributed by atoms with Gasteiger partial charge in [-0.15, -0.1) is 0 Å². The van der Waals surface area contributed by atoms with Crippen molar-refractivity contribution in [2.75, 3.05) is 14.2 Å². The lowest BCUT2D eigenvalue weighted by atomic mass is 10.0. The van der Waals surface area contributed by atoms with Gasteiger partial charge in [0.2, 0.25) is 0 Å². The molecule has 0 N–H and O–H groups in total. The predicted molar refractivity (Wildman–Crippen MR) is 198 cm³/mol. The summed E-state index contributed by atoms with van der Waals surface area (Å²) < 4.78 is 10.9. The fourth-order valence-electron chi connectivity index (χ4n) is 3.84. The van der Waals surface area contributed by atoms with Gasteiger partial charge in [0.25, 0.3) is 0 Å². The third kappa shape index (κ3) is 24.5. The van der Waals surface area contributed by atoms with Crippen LogP contribution in [0.4, 0.5) is 0 Å². The Balaban J connectivity index is 4.58. The Kier molecular flexibility index (Phi) is 21.9. The van der Waals surface area contributed by atoms with Crippen LogP contribution in [0.15, 0.2) is 131 Å². The molecular formula is C42H64O2. The van der Waals surface area contributed by atoms with Crippen LogP contribution in [0.5, 0.6) is 0 Å². The monoisotopic (exact) mass is 600 g/mol. The Morgan fingerprint density at radius 3 is 1.36 bits per heavy atom. The van der Waals surface area contributed by atoms with Crippen molar-refractivity contribution in [1.82, 2.24) is 0 Å². The van der Waals surface area contributed by atoms with Crippen molar-refractivity contribution in [3.63, 3.8) is 0 Å². The van der Waals surface area contributed by atoms with Gasteiger partial charge in [-0.2, -0.15) is 0 Å². The van der Waals surface area contributed by atoms with Crippen molar-refractivity contribution in [3.05, 3.63) is 131 Å². The predicted octanol–water partition coefficient (Wildman–Crippen LogP) is 12.6. The second-order valence-electron chi connectivity index (χ2n) is 13.1. The van der Waals surface area contributed by atoms with E-state index in [0.29, 0.717) is 0 Å². The van der Waals surface area contributed by atoms with Gasteiger partial charge in [0.15, 0.2) is 0 Å². The summed E-state index contributed by atoms with van der Waals surface area (Å²) in [5, 5.41) is 0. The van der Waals surface area contributed by atoms with Gasteiger partial charge in [-0.25, -0.2) is 0 Å². The number of allylic oxidation sites excluding steroid dienone is 20. The number of methoxy groups -OCH3 is 2. The molecule has 44 heavy (non-hydrogen) atoms. The van der Waals surface area contributed by atoms with Gasteiger partial charge in [0, 0.05) is 14.2 Å². The van der Waals surface area contributed by atoms with Gasteiger partial charge in [-0.3, -0.25) is 0 Å². The second-order valence-corrected chi connectivity index (χ2v) is 13.1. The summed E-state index contributed by atoms with van der Waals surface area (Å²) in [6, 6.07) is 0. The van der Waals surface area contributed by atoms with E-state index in [1.807, 2.05) is 0 Å². The zero-order valence-corrected chi connectivity index (χ0v) is 30.3. The van der Waals surface area contributed by atoms with Gasteiger partial charge in [-0.1, -0.05) is 131 Å². The molecule has 0 aliphatic carbocycles. The normalized spacial score (nSPS) is 15.9. The number of hydrogen-bond acceptors (Lipinski definition) is 2. The summed E-state index contributed by atoms with van der Waals surface area (Å²) >= 11 is 0. The minimum atomic E-state index is -0.114. The molecule has 0 aliphatic heterocycles. The molecule has 0 aliphatic rings. The van der Waals surface area contributed by atoms with E-state index >= 15 is 0 Å². The fourth-order valence-corrected chi connectivity index (χ4v) is 3.84. The van der Waals surface area contributed by atoms with Crippen LogP contribution in [0.2, 0.25) is 0 Å². The van der Waals surface area contributed by atoms with Crippen LogP contribution in [0.1, 0.15) is 108 Å². The highest BCUT2D eigenvalue weighted by molar-refractivity contribution is 5.28. The molecule has 0 heterocycles. The van der Waals surface area contributed by atoms with Crippen LogP contribution in [0.25, 0.3) is 0 Å². The molecule has 0 saturated carbocycles. The molecular weight excluding hydrogens is 536 g/mol. The largest absolute Gasteiger partial charge is 0.378 e. The van der Waals surface area contributed by atoms with E-state index in [0.717, 1.165) is 38.5 Å². The Bertz CT molecular complexity index is 1160. The molecule has 0 spiro atoms. The molecule has 0 amide bonds. The van der Waals surface area contributed by atoms with Gasteiger partial charge in [-0.05, 0) is 108 Å². The minimum Gasteiger partial charge on any atom is -0.378 e. The maximum Gasteiger partial charge on any atom is 0.0657 e. The highest BCUT2D eigenvalue weighted by atomic mass is 16.5. The third-order valence-electron chi connectivity index (χ3n) is 7.40. The molecule has 0 radical (unpaired) electrons. The van der Waals surface area contributed by atoms with Crippen LogP contribution < -0.4 is 0 Å². The first-order chi connectivity index (χ1) is 20.7. The Morgan fingerprint density at radius 2 is 0.841 bits per heavy atom. The maximum atomic E-state index is 5.47. The number of hydrogen-bond donors (Lipinski definition) is 0. The molecule has 0 rings (SSSR count). The molecule has 0 unspecified atom stereocenters. The van der Waals surface area contributed by atoms with E-state index in [9.17, 15) is 0 Å². The molecule has 0 fully saturated rings. The van der Waals surface area contributed by atoms with E-state index in [1.165, 1.54) is 33.4 Å². The topological polar surface area (TPSA) is 18.5 Å². The van der Waals surface area contributed by atoms with Crippen LogP contribution >= 0.6 is 0 Å². The van der Waals surface area contributed by atoms with Crippen LogP contribution in [0, 0.1) is 0 Å². The zero-order valence-electron chi connectivity index (χ0n) is 30.3. The van der Waals surface area contributed by atoms with E-state index in [4.69, 9.17) is 9.47 Å². The first-order valence-electron chi connectivity index (χ1n) is 16.2. The van der Waals surface area contributed by atoms with Crippen LogP contribution in [-0.4, -0.2) is 25.4 Å². The summed E-state index contributed by atoms with van der Waals surface area (Å²) in [4.78, 5) is 0. The van der Waals surface area contributed by atoms with E-state index in [-0.39, 0.29) is 11.2 Å². The van der Waals surface area contributed by atoms with Gasteiger partial charge >= 0.3 is 0 Å². The average molecular weight is 601 g/mol. The lowest BCUT2D eigenvalue weighted by Gasteiger charge is -2.20. The summed E-state index contributed by atoms with van der Waals surface area (Å²) in [5.74, 6) is 0. The molecule has 0 atom stereocenters. The molecule has 0 bridgehead atoms. The molecule has 0 saturated heterocycles. The van der Waals surface area contributed by atoms with Crippen molar-refractivity contribution >= 4 is 0 Å². The molecule has 244 valence electrons. The summed E-state index contributed by atoms with van der Waals surface area (Å²) in [6.07, 6.45) is 41.0. The van der Waals surface area contributed by atoms with E-state index in [1.54, 1.807) is 14.2 Å². The zero-order chi connectivity index (χ0) is 33.4. The lowest BCUT2D eigenvalue weighted by Crippen LogP contribution is -2.20. The molecule has 0 aromatic rings. The SMILES string of the molecule is COC(C)(C)C\C=C/C(C)=C/C=C/C(C)=C/CC/C(C)=C/C=C\C=C(C)\C=C\C=C(/C)CC/C=C(C)/C=C/CC(C)(C)OC. The summed E-state index contributed by atoms with van der Waals surface area (Å²) in [6.45, 7) is 21.4. The smallest absolute Gasteiger partial charge is 0.0657 e. The molecule has 0 aromatic carbocycles. The Hall–Kier alpha value is -2.94. The second kappa shape index (κ2) is 23.4. The van der Waals surface area contributed by atoms with Crippen molar-refractivity contribution in [1.29, 1.82) is 0 Å². The highest BCUT2D eigenvalue weighted by Gasteiger charge is 2.13. The highest BCUT2D eigenvalue weighted by Crippen LogP contribution is 2.16. The maximum absolute atomic E-state index is 5.47. The molecule has 2 heteroatoms. The van der Waals surface area contributed by atoms with Gasteiger partial charge in [0.1, 0.15) is 0 Å². The molecule has 2 nitrogen and oxygen atoms in total. The Labute approximate surface area is 272 Å². The standard InChI is InChI=1S/C42H64O2/c1-35(23-15-25-37(3)27-17-29-39(5)31-19-33-41(7,8)43-11)21-13-14-22-36(2)24-16-26-38(4)28-18-30-40(6)32-20-34-42(9,10)44-12/h13-15,18-23,25-26,28-32H,16-17,24,27,33-34H2,1-12H3/b14-13-,23-15+,28-18+,31-19+,32-20-,35-21+,36-22+,37-25+,38-26+,39-29+,40-30+. The van der Waals surface area contributed by atoms with Crippen LogP contribution in [-0.2, 0) is 9.47 Å². The summed E-state index contributed by atoms with van der Waals surface area (Å²) in [7, 11) is 3.53. The van der Waals surface area contributed by atoms with Crippen molar-refractivity contribution in [2.45, 2.75) is 119 Å². The minimum absolute atomic E-state index is 0.103. The number of ether oxygens (including phenoxy) is 2. The fraction of sp³-hybridized carbons (Fsp3) is 0.476. The quantitative estimate of drug-likeness (QED) is 0.129. The first-order valence-corrected chi connectivity index (χ1v) is 16.2. The number of rotatable bonds is 20. The van der Waals surface area contributed by atoms with Crippen molar-refractivity contribution < 1.29 is 9.47 Å². The van der Waals surface area contributed by atoms with Crippen molar-refractivity contribution in [2.24, 2.45) is 0 Å². The summed E-state index contributed by atoms with van der Waals surface area (Å²) in [5.41, 5.74) is 7.62. The van der Waals surface area contributed by atoms with Gasteiger partial charge in [0.05, 0.1) is 11.2 Å². The van der Waals surface area contributed by atoms with E-state index < -0.39 is 0 Å². The average Bonchev–Trinajstić information content (AvgIpc) is 2.95. The van der Waals surface area contributed by atoms with Crippen molar-refractivity contribution in [3.8, 4) is 0 Å². The van der Waals surface area contributed by atoms with E-state index in [2.05, 4.69) is 166 Å². The van der Waals surface area contributed by atoms with Crippen LogP contribution in [0.3, 0.4) is 0 Å². The third-order valence-corrected chi connectivity index (χ3v) is 7.40.